The highest BCUT2D eigenvalue weighted by Gasteiger charge is 2.26. The highest BCUT2D eigenvalue weighted by molar-refractivity contribution is 6.33. The smallest absolute Gasteiger partial charge is 0.308 e. The van der Waals surface area contributed by atoms with E-state index >= 15 is 0 Å². The van der Waals surface area contributed by atoms with Crippen LogP contribution in [0.5, 0.6) is 0 Å². The average Bonchev–Trinajstić information content (AvgIpc) is 2.38. The zero-order valence-electron chi connectivity index (χ0n) is 10.3. The number of amides is 1. The Morgan fingerprint density at radius 3 is 2.74 bits per heavy atom. The standard InChI is InChI=1S/C13H15ClN2O3/c14-10-6-8(12(15)17)3-4-11(10)16-5-1-2-9(7-16)13(18)19/h3-4,6,9H,1-2,5,7H2,(H2,15,17)(H,18,19). The quantitative estimate of drug-likeness (QED) is 0.884. The molecule has 1 aliphatic rings. The van der Waals surface area contributed by atoms with Crippen molar-refractivity contribution >= 4 is 29.2 Å². The molecule has 1 amide bonds. The van der Waals surface area contributed by atoms with Gasteiger partial charge in [0.25, 0.3) is 0 Å². The lowest BCUT2D eigenvalue weighted by atomic mass is 9.97. The van der Waals surface area contributed by atoms with Gasteiger partial charge in [-0.05, 0) is 31.0 Å². The van der Waals surface area contributed by atoms with Crippen LogP contribution in [0.25, 0.3) is 0 Å². The second-order valence-electron chi connectivity index (χ2n) is 4.65. The molecule has 0 aliphatic carbocycles. The molecular formula is C13H15ClN2O3. The molecule has 1 aliphatic heterocycles. The number of anilines is 1. The highest BCUT2D eigenvalue weighted by atomic mass is 35.5. The van der Waals surface area contributed by atoms with Gasteiger partial charge in [0.2, 0.25) is 5.91 Å². The maximum absolute atomic E-state index is 11.1. The summed E-state index contributed by atoms with van der Waals surface area (Å²) in [6, 6.07) is 4.84. The lowest BCUT2D eigenvalue weighted by Crippen LogP contribution is -2.38. The lowest BCUT2D eigenvalue weighted by Gasteiger charge is -2.33. The number of nitrogens with zero attached hydrogens (tertiary/aromatic N) is 1. The van der Waals surface area contributed by atoms with Crippen LogP contribution in [0.1, 0.15) is 23.2 Å². The summed E-state index contributed by atoms with van der Waals surface area (Å²) in [7, 11) is 0. The molecular weight excluding hydrogens is 268 g/mol. The van der Waals surface area contributed by atoms with Gasteiger partial charge in [0.05, 0.1) is 16.6 Å². The van der Waals surface area contributed by atoms with Crippen molar-refractivity contribution in [2.45, 2.75) is 12.8 Å². The number of carbonyl (C=O) groups is 2. The second kappa shape index (κ2) is 5.48. The molecule has 1 aromatic rings. The SMILES string of the molecule is NC(=O)c1ccc(N2CCCC(C(=O)O)C2)c(Cl)c1. The third-order valence-electron chi connectivity index (χ3n) is 3.34. The largest absolute Gasteiger partial charge is 0.481 e. The molecule has 0 spiro atoms. The molecule has 1 fully saturated rings. The number of carboxylic acid groups (broad SMARTS) is 1. The molecule has 3 N–H and O–H groups in total. The minimum absolute atomic E-state index is 0.348. The van der Waals surface area contributed by atoms with Gasteiger partial charge >= 0.3 is 5.97 Å². The second-order valence-corrected chi connectivity index (χ2v) is 5.06. The first-order valence-corrected chi connectivity index (χ1v) is 6.44. The van der Waals surface area contributed by atoms with Crippen LogP contribution in [-0.4, -0.2) is 30.1 Å². The van der Waals surface area contributed by atoms with Gasteiger partial charge < -0.3 is 15.7 Å². The number of halogens is 1. The number of hydrogen-bond acceptors (Lipinski definition) is 3. The first-order chi connectivity index (χ1) is 8.99. The topological polar surface area (TPSA) is 83.6 Å². The summed E-state index contributed by atoms with van der Waals surface area (Å²) >= 11 is 6.14. The monoisotopic (exact) mass is 282 g/mol. The van der Waals surface area contributed by atoms with Crippen LogP contribution in [0.4, 0.5) is 5.69 Å². The van der Waals surface area contributed by atoms with Gasteiger partial charge in [-0.2, -0.15) is 0 Å². The van der Waals surface area contributed by atoms with Crippen molar-refractivity contribution in [1.29, 1.82) is 0 Å². The van der Waals surface area contributed by atoms with E-state index in [9.17, 15) is 9.59 Å². The van der Waals surface area contributed by atoms with E-state index in [0.29, 0.717) is 23.6 Å². The number of carboxylic acids is 1. The summed E-state index contributed by atoms with van der Waals surface area (Å²) in [6.07, 6.45) is 1.49. The number of primary amides is 1. The first kappa shape index (κ1) is 13.7. The van der Waals surface area contributed by atoms with Gasteiger partial charge in [-0.25, -0.2) is 0 Å². The Bertz CT molecular complexity index is 519. The molecule has 2 rings (SSSR count). The molecule has 1 heterocycles. The van der Waals surface area contributed by atoms with Crippen molar-refractivity contribution in [3.8, 4) is 0 Å². The van der Waals surface area contributed by atoms with E-state index in [2.05, 4.69) is 0 Å². The van der Waals surface area contributed by atoms with E-state index in [1.807, 2.05) is 4.90 Å². The van der Waals surface area contributed by atoms with Gasteiger partial charge in [-0.3, -0.25) is 9.59 Å². The van der Waals surface area contributed by atoms with Gasteiger partial charge in [0.15, 0.2) is 0 Å². The number of rotatable bonds is 3. The van der Waals surface area contributed by atoms with Crippen molar-refractivity contribution in [2.24, 2.45) is 11.7 Å². The summed E-state index contributed by atoms with van der Waals surface area (Å²) in [5.74, 6) is -1.69. The number of carbonyl (C=O) groups excluding carboxylic acids is 1. The third kappa shape index (κ3) is 2.98. The predicted molar refractivity (Wildman–Crippen MR) is 72.5 cm³/mol. The van der Waals surface area contributed by atoms with Crippen LogP contribution >= 0.6 is 11.6 Å². The molecule has 6 heteroatoms. The normalized spacial score (nSPS) is 19.2. The van der Waals surface area contributed by atoms with Crippen molar-refractivity contribution < 1.29 is 14.7 Å². The van der Waals surface area contributed by atoms with Crippen LogP contribution in [0.15, 0.2) is 18.2 Å². The lowest BCUT2D eigenvalue weighted by molar-refractivity contribution is -0.141. The molecule has 1 atom stereocenters. The molecule has 1 unspecified atom stereocenters. The minimum atomic E-state index is -0.783. The van der Waals surface area contributed by atoms with Crippen LogP contribution in [0, 0.1) is 5.92 Å². The maximum Gasteiger partial charge on any atom is 0.308 e. The Morgan fingerprint density at radius 1 is 1.42 bits per heavy atom. The summed E-state index contributed by atoms with van der Waals surface area (Å²) < 4.78 is 0. The summed E-state index contributed by atoms with van der Waals surface area (Å²) in [4.78, 5) is 24.0. The van der Waals surface area contributed by atoms with Gasteiger partial charge in [-0.15, -0.1) is 0 Å². The van der Waals surface area contributed by atoms with Crippen LogP contribution < -0.4 is 10.6 Å². The molecule has 0 radical (unpaired) electrons. The molecule has 0 aromatic heterocycles. The highest BCUT2D eigenvalue weighted by Crippen LogP contribution is 2.30. The predicted octanol–water partition coefficient (Wildman–Crippen LogP) is 1.74. The fourth-order valence-corrected chi connectivity index (χ4v) is 2.61. The van der Waals surface area contributed by atoms with E-state index in [4.69, 9.17) is 22.4 Å². The Morgan fingerprint density at radius 2 is 2.16 bits per heavy atom. The molecule has 19 heavy (non-hydrogen) atoms. The Kier molecular flexibility index (Phi) is 3.95. The van der Waals surface area contributed by atoms with Crippen molar-refractivity contribution in [3.63, 3.8) is 0 Å². The minimum Gasteiger partial charge on any atom is -0.481 e. The fourth-order valence-electron chi connectivity index (χ4n) is 2.31. The number of nitrogens with two attached hydrogens (primary N) is 1. The van der Waals surface area contributed by atoms with Crippen molar-refractivity contribution in [2.75, 3.05) is 18.0 Å². The van der Waals surface area contributed by atoms with E-state index < -0.39 is 11.9 Å². The molecule has 1 aromatic carbocycles. The molecule has 0 bridgehead atoms. The van der Waals surface area contributed by atoms with E-state index in [1.165, 1.54) is 6.07 Å². The Balaban J connectivity index is 2.22. The molecule has 1 saturated heterocycles. The number of hydrogen-bond donors (Lipinski definition) is 2. The van der Waals surface area contributed by atoms with E-state index in [1.54, 1.807) is 12.1 Å². The fraction of sp³-hybridized carbons (Fsp3) is 0.385. The van der Waals surface area contributed by atoms with Gasteiger partial charge in [0.1, 0.15) is 0 Å². The number of benzene rings is 1. The van der Waals surface area contributed by atoms with Crippen LogP contribution in [-0.2, 0) is 4.79 Å². The number of piperidine rings is 1. The van der Waals surface area contributed by atoms with Gasteiger partial charge in [-0.1, -0.05) is 11.6 Å². The summed E-state index contributed by atoms with van der Waals surface area (Å²) in [5, 5.41) is 9.49. The Labute approximate surface area is 116 Å². The zero-order chi connectivity index (χ0) is 14.0. The van der Waals surface area contributed by atoms with Crippen molar-refractivity contribution in [3.05, 3.63) is 28.8 Å². The van der Waals surface area contributed by atoms with Crippen LogP contribution in [0.2, 0.25) is 5.02 Å². The van der Waals surface area contributed by atoms with E-state index in [-0.39, 0.29) is 5.92 Å². The average molecular weight is 283 g/mol. The van der Waals surface area contributed by atoms with Crippen LogP contribution in [0.3, 0.4) is 0 Å². The van der Waals surface area contributed by atoms with Crippen molar-refractivity contribution in [1.82, 2.24) is 0 Å². The first-order valence-electron chi connectivity index (χ1n) is 6.06. The molecule has 5 nitrogen and oxygen atoms in total. The molecule has 0 saturated carbocycles. The maximum atomic E-state index is 11.1. The zero-order valence-corrected chi connectivity index (χ0v) is 11.1. The number of aliphatic carboxylic acids is 1. The summed E-state index contributed by atoms with van der Waals surface area (Å²) in [6.45, 7) is 1.20. The molecule has 102 valence electrons. The Hall–Kier alpha value is -1.75. The van der Waals surface area contributed by atoms with Gasteiger partial charge in [0, 0.05) is 18.7 Å². The van der Waals surface area contributed by atoms with E-state index in [0.717, 1.165) is 18.7 Å². The third-order valence-corrected chi connectivity index (χ3v) is 3.65. The summed E-state index contributed by atoms with van der Waals surface area (Å²) in [5.41, 5.74) is 6.28.